The second-order valence-corrected chi connectivity index (χ2v) is 6.65. The van der Waals surface area contributed by atoms with Gasteiger partial charge in [0, 0.05) is 6.04 Å². The normalized spacial score (nSPS) is 14.6. The summed E-state index contributed by atoms with van der Waals surface area (Å²) < 4.78 is 23.3. The summed E-state index contributed by atoms with van der Waals surface area (Å²) in [4.78, 5) is 35.5. The number of esters is 1. The molecule has 1 aromatic carbocycles. The first-order chi connectivity index (χ1) is 12.3. The van der Waals surface area contributed by atoms with Crippen LogP contribution in [0.2, 0.25) is 0 Å². The quantitative estimate of drug-likeness (QED) is 0.754. The molecule has 7 nitrogen and oxygen atoms in total. The van der Waals surface area contributed by atoms with Crippen LogP contribution in [0.5, 0.6) is 5.75 Å². The van der Waals surface area contributed by atoms with E-state index in [2.05, 4.69) is 10.6 Å². The number of urea groups is 1. The number of benzene rings is 1. The Labute approximate surface area is 151 Å². The summed E-state index contributed by atoms with van der Waals surface area (Å²) in [5.41, 5.74) is -1.38. The lowest BCUT2D eigenvalue weighted by molar-refractivity contribution is -0.161. The molecular weight excluding hydrogens is 343 g/mol. The number of rotatable bonds is 6. The minimum absolute atomic E-state index is 0.0772. The SMILES string of the molecule is CC(C)(Oc1ccc(F)cc1)C(=O)OCC(=O)NC(=O)NC1CCCC1. The van der Waals surface area contributed by atoms with Gasteiger partial charge >= 0.3 is 12.0 Å². The van der Waals surface area contributed by atoms with Gasteiger partial charge in [0.2, 0.25) is 0 Å². The lowest BCUT2D eigenvalue weighted by Gasteiger charge is -2.24. The molecule has 142 valence electrons. The molecule has 0 bridgehead atoms. The molecule has 0 spiro atoms. The standard InChI is InChI=1S/C18H23FN2O5/c1-18(2,26-14-9-7-12(19)8-10-14)16(23)25-11-15(22)21-17(24)20-13-5-3-4-6-13/h7-10,13H,3-6,11H2,1-2H3,(H2,20,21,22,24). The monoisotopic (exact) mass is 366 g/mol. The number of carbonyl (C=O) groups excluding carboxylic acids is 3. The van der Waals surface area contributed by atoms with Crippen molar-refractivity contribution in [2.24, 2.45) is 0 Å². The summed E-state index contributed by atoms with van der Waals surface area (Å²) >= 11 is 0. The van der Waals surface area contributed by atoms with E-state index in [9.17, 15) is 18.8 Å². The molecule has 0 atom stereocenters. The van der Waals surface area contributed by atoms with E-state index in [1.165, 1.54) is 38.1 Å². The molecule has 8 heteroatoms. The molecule has 1 saturated carbocycles. The van der Waals surface area contributed by atoms with Gasteiger partial charge in [-0.15, -0.1) is 0 Å². The maximum Gasteiger partial charge on any atom is 0.350 e. The summed E-state index contributed by atoms with van der Waals surface area (Å²) in [6, 6.07) is 4.64. The number of carbonyl (C=O) groups is 3. The minimum atomic E-state index is -1.38. The fourth-order valence-corrected chi connectivity index (χ4v) is 2.60. The number of hydrogen-bond acceptors (Lipinski definition) is 5. The number of imide groups is 1. The molecule has 0 radical (unpaired) electrons. The van der Waals surface area contributed by atoms with E-state index < -0.39 is 35.9 Å². The van der Waals surface area contributed by atoms with Gasteiger partial charge in [-0.2, -0.15) is 0 Å². The van der Waals surface area contributed by atoms with Crippen LogP contribution in [0, 0.1) is 5.82 Å². The molecule has 2 rings (SSSR count). The highest BCUT2D eigenvalue weighted by atomic mass is 19.1. The zero-order valence-electron chi connectivity index (χ0n) is 14.8. The van der Waals surface area contributed by atoms with Crippen molar-refractivity contribution in [1.29, 1.82) is 0 Å². The second kappa shape index (κ2) is 8.64. The lowest BCUT2D eigenvalue weighted by atomic mass is 10.1. The topological polar surface area (TPSA) is 93.7 Å². The number of nitrogens with one attached hydrogen (secondary N) is 2. The second-order valence-electron chi connectivity index (χ2n) is 6.65. The van der Waals surface area contributed by atoms with Gasteiger partial charge in [-0.3, -0.25) is 10.1 Å². The number of ether oxygens (including phenoxy) is 2. The van der Waals surface area contributed by atoms with Crippen LogP contribution in [0.15, 0.2) is 24.3 Å². The first-order valence-corrected chi connectivity index (χ1v) is 8.48. The van der Waals surface area contributed by atoms with Gasteiger partial charge in [0.15, 0.2) is 12.2 Å². The molecule has 0 saturated heterocycles. The third-order valence-electron chi connectivity index (χ3n) is 3.96. The van der Waals surface area contributed by atoms with Crippen molar-refractivity contribution < 1.29 is 28.2 Å². The zero-order chi connectivity index (χ0) is 19.2. The van der Waals surface area contributed by atoms with Crippen molar-refractivity contribution >= 4 is 17.9 Å². The molecule has 26 heavy (non-hydrogen) atoms. The molecule has 0 unspecified atom stereocenters. The largest absolute Gasteiger partial charge is 0.476 e. The Morgan fingerprint density at radius 3 is 2.38 bits per heavy atom. The Hall–Kier alpha value is -2.64. The highest BCUT2D eigenvalue weighted by Crippen LogP contribution is 2.20. The van der Waals surface area contributed by atoms with Crippen molar-refractivity contribution in [3.05, 3.63) is 30.1 Å². The van der Waals surface area contributed by atoms with Gasteiger partial charge in [0.25, 0.3) is 5.91 Å². The van der Waals surface area contributed by atoms with Gasteiger partial charge in [0.1, 0.15) is 11.6 Å². The van der Waals surface area contributed by atoms with E-state index in [-0.39, 0.29) is 11.8 Å². The third-order valence-corrected chi connectivity index (χ3v) is 3.96. The van der Waals surface area contributed by atoms with Crippen molar-refractivity contribution in [2.75, 3.05) is 6.61 Å². The number of halogens is 1. The van der Waals surface area contributed by atoms with Gasteiger partial charge in [-0.25, -0.2) is 14.0 Å². The van der Waals surface area contributed by atoms with Crippen LogP contribution in [0.1, 0.15) is 39.5 Å². The van der Waals surface area contributed by atoms with E-state index >= 15 is 0 Å². The van der Waals surface area contributed by atoms with Gasteiger partial charge in [0.05, 0.1) is 0 Å². The summed E-state index contributed by atoms with van der Waals surface area (Å²) in [6.45, 7) is 2.32. The van der Waals surface area contributed by atoms with Crippen molar-refractivity contribution in [1.82, 2.24) is 10.6 Å². The summed E-state index contributed by atoms with van der Waals surface area (Å²) in [6.07, 6.45) is 3.90. The first-order valence-electron chi connectivity index (χ1n) is 8.48. The van der Waals surface area contributed by atoms with E-state index in [0.717, 1.165) is 25.7 Å². The molecular formula is C18H23FN2O5. The van der Waals surface area contributed by atoms with Gasteiger partial charge in [-0.1, -0.05) is 12.8 Å². The van der Waals surface area contributed by atoms with E-state index in [1.807, 2.05) is 0 Å². The highest BCUT2D eigenvalue weighted by molar-refractivity contribution is 5.96. The van der Waals surface area contributed by atoms with Gasteiger partial charge in [-0.05, 0) is 51.0 Å². The van der Waals surface area contributed by atoms with Crippen LogP contribution in [0.4, 0.5) is 9.18 Å². The number of hydrogen-bond donors (Lipinski definition) is 2. The van der Waals surface area contributed by atoms with Crippen LogP contribution in [-0.4, -0.2) is 36.2 Å². The molecule has 2 N–H and O–H groups in total. The van der Waals surface area contributed by atoms with E-state index in [0.29, 0.717) is 0 Å². The van der Waals surface area contributed by atoms with Crippen LogP contribution in [0.25, 0.3) is 0 Å². The summed E-state index contributed by atoms with van der Waals surface area (Å²) in [7, 11) is 0. The van der Waals surface area contributed by atoms with Crippen molar-refractivity contribution in [3.8, 4) is 5.75 Å². The lowest BCUT2D eigenvalue weighted by Crippen LogP contribution is -2.46. The molecule has 1 fully saturated rings. The Bertz CT molecular complexity index is 654. The Balaban J connectivity index is 1.75. The molecule has 3 amide bonds. The van der Waals surface area contributed by atoms with Crippen LogP contribution in [-0.2, 0) is 14.3 Å². The van der Waals surface area contributed by atoms with Crippen LogP contribution < -0.4 is 15.4 Å². The molecule has 1 aliphatic carbocycles. The van der Waals surface area contributed by atoms with Crippen molar-refractivity contribution in [3.63, 3.8) is 0 Å². The maximum atomic E-state index is 12.9. The Kier molecular flexibility index (Phi) is 6.54. The molecule has 0 aromatic heterocycles. The van der Waals surface area contributed by atoms with Gasteiger partial charge < -0.3 is 14.8 Å². The highest BCUT2D eigenvalue weighted by Gasteiger charge is 2.32. The van der Waals surface area contributed by atoms with Crippen LogP contribution >= 0.6 is 0 Å². The summed E-state index contributed by atoms with van der Waals surface area (Å²) in [5, 5.41) is 4.82. The maximum absolute atomic E-state index is 12.9. The van der Waals surface area contributed by atoms with E-state index in [1.54, 1.807) is 0 Å². The zero-order valence-corrected chi connectivity index (χ0v) is 14.8. The van der Waals surface area contributed by atoms with E-state index in [4.69, 9.17) is 9.47 Å². The molecule has 0 heterocycles. The first kappa shape index (κ1) is 19.7. The smallest absolute Gasteiger partial charge is 0.350 e. The fourth-order valence-electron chi connectivity index (χ4n) is 2.60. The third kappa shape index (κ3) is 6.02. The van der Waals surface area contributed by atoms with Crippen molar-refractivity contribution in [2.45, 2.75) is 51.2 Å². The Morgan fingerprint density at radius 1 is 1.15 bits per heavy atom. The number of amides is 3. The fraction of sp³-hybridized carbons (Fsp3) is 0.500. The summed E-state index contributed by atoms with van der Waals surface area (Å²) in [5.74, 6) is -1.65. The predicted octanol–water partition coefficient (Wildman–Crippen LogP) is 2.29. The average Bonchev–Trinajstić information content (AvgIpc) is 3.07. The molecule has 0 aliphatic heterocycles. The predicted molar refractivity (Wildman–Crippen MR) is 91.0 cm³/mol. The average molecular weight is 366 g/mol. The Morgan fingerprint density at radius 2 is 1.77 bits per heavy atom. The molecule has 1 aromatic rings. The van der Waals surface area contributed by atoms with Crippen LogP contribution in [0.3, 0.4) is 0 Å². The minimum Gasteiger partial charge on any atom is -0.476 e. The molecule has 1 aliphatic rings.